The number of thiophene rings is 1. The van der Waals surface area contributed by atoms with Crippen LogP contribution in [0.5, 0.6) is 0 Å². The van der Waals surface area contributed by atoms with E-state index in [1.807, 2.05) is 6.07 Å². The van der Waals surface area contributed by atoms with Crippen molar-refractivity contribution in [2.75, 3.05) is 13.1 Å². The van der Waals surface area contributed by atoms with Crippen molar-refractivity contribution in [1.29, 1.82) is 5.26 Å². The van der Waals surface area contributed by atoms with E-state index in [9.17, 15) is 5.26 Å². The van der Waals surface area contributed by atoms with Gasteiger partial charge in [0.05, 0.1) is 6.07 Å². The third-order valence-corrected chi connectivity index (χ3v) is 3.87. The number of hydrogen-bond donors (Lipinski definition) is 0. The number of hydrogen-bond acceptors (Lipinski definition) is 3. The maximum atomic E-state index is 9.26. The van der Waals surface area contributed by atoms with Crippen molar-refractivity contribution in [2.24, 2.45) is 0 Å². The minimum Gasteiger partial charge on any atom is -0.284 e. The molecular weight excluding hydrogens is 204 g/mol. The minimum absolute atomic E-state index is 0.0110. The van der Waals surface area contributed by atoms with Crippen LogP contribution in [0.1, 0.15) is 36.6 Å². The van der Waals surface area contributed by atoms with Crippen LogP contribution in [0.2, 0.25) is 0 Å². The largest absolute Gasteiger partial charge is 0.284 e. The molecule has 0 saturated carbocycles. The van der Waals surface area contributed by atoms with Gasteiger partial charge in [0, 0.05) is 4.88 Å². The lowest BCUT2D eigenvalue weighted by Gasteiger charge is -2.24. The van der Waals surface area contributed by atoms with Crippen LogP contribution in [0.15, 0.2) is 17.5 Å². The Morgan fingerprint density at radius 3 is 2.53 bits per heavy atom. The summed E-state index contributed by atoms with van der Waals surface area (Å²) in [6.07, 6.45) is 5.12. The molecule has 0 aliphatic carbocycles. The van der Waals surface area contributed by atoms with Crippen LogP contribution in [0.4, 0.5) is 0 Å². The summed E-state index contributed by atoms with van der Waals surface area (Å²) in [5.41, 5.74) is 0. The van der Waals surface area contributed by atoms with Gasteiger partial charge in [-0.15, -0.1) is 11.3 Å². The van der Waals surface area contributed by atoms with Gasteiger partial charge in [-0.05, 0) is 37.4 Å². The predicted molar refractivity (Wildman–Crippen MR) is 62.7 cm³/mol. The first-order chi connectivity index (χ1) is 7.42. The fourth-order valence-corrected chi connectivity index (χ4v) is 2.93. The van der Waals surface area contributed by atoms with E-state index < -0.39 is 0 Å². The van der Waals surface area contributed by atoms with E-state index in [1.165, 1.54) is 30.6 Å². The molecule has 1 aliphatic heterocycles. The summed E-state index contributed by atoms with van der Waals surface area (Å²) in [7, 11) is 0. The number of rotatable bonds is 2. The van der Waals surface area contributed by atoms with Crippen molar-refractivity contribution in [1.82, 2.24) is 4.90 Å². The molecular formula is C12H16N2S. The third-order valence-electron chi connectivity index (χ3n) is 2.94. The van der Waals surface area contributed by atoms with E-state index in [-0.39, 0.29) is 6.04 Å². The van der Waals surface area contributed by atoms with Crippen molar-refractivity contribution in [3.8, 4) is 6.07 Å². The molecule has 3 heteroatoms. The quantitative estimate of drug-likeness (QED) is 0.765. The highest BCUT2D eigenvalue weighted by Crippen LogP contribution is 2.26. The van der Waals surface area contributed by atoms with Gasteiger partial charge in [-0.1, -0.05) is 18.9 Å². The average molecular weight is 220 g/mol. The molecule has 0 amide bonds. The molecule has 0 radical (unpaired) electrons. The second-order valence-corrected chi connectivity index (χ2v) is 4.98. The Hall–Kier alpha value is -0.850. The Labute approximate surface area is 95.1 Å². The van der Waals surface area contributed by atoms with E-state index in [4.69, 9.17) is 0 Å². The summed E-state index contributed by atoms with van der Waals surface area (Å²) in [5, 5.41) is 11.3. The van der Waals surface area contributed by atoms with Crippen molar-refractivity contribution >= 4 is 11.3 Å². The maximum Gasteiger partial charge on any atom is 0.133 e. The Morgan fingerprint density at radius 2 is 2.00 bits per heavy atom. The summed E-state index contributed by atoms with van der Waals surface area (Å²) in [5.74, 6) is 0. The zero-order valence-corrected chi connectivity index (χ0v) is 9.67. The number of nitrogens with zero attached hydrogens (tertiary/aromatic N) is 2. The van der Waals surface area contributed by atoms with E-state index >= 15 is 0 Å². The molecule has 1 saturated heterocycles. The van der Waals surface area contributed by atoms with Crippen molar-refractivity contribution < 1.29 is 0 Å². The number of likely N-dealkylation sites (tertiary alicyclic amines) is 1. The molecule has 1 aromatic heterocycles. The standard InChI is InChI=1S/C12H16N2S/c13-10-11(12-6-5-9-15-12)14-7-3-1-2-4-8-14/h5-6,9,11H,1-4,7-8H2. The maximum absolute atomic E-state index is 9.26. The van der Waals surface area contributed by atoms with Crippen molar-refractivity contribution in [2.45, 2.75) is 31.7 Å². The summed E-state index contributed by atoms with van der Waals surface area (Å²) < 4.78 is 0. The van der Waals surface area contributed by atoms with Crippen molar-refractivity contribution in [3.63, 3.8) is 0 Å². The van der Waals surface area contributed by atoms with Crippen LogP contribution in [0, 0.1) is 11.3 Å². The van der Waals surface area contributed by atoms with Gasteiger partial charge < -0.3 is 0 Å². The Morgan fingerprint density at radius 1 is 1.27 bits per heavy atom. The van der Waals surface area contributed by atoms with E-state index in [0.717, 1.165) is 13.1 Å². The first-order valence-electron chi connectivity index (χ1n) is 5.59. The normalized spacial score (nSPS) is 20.5. The number of nitriles is 1. The SMILES string of the molecule is N#CC(c1cccs1)N1CCCCCC1. The van der Waals surface area contributed by atoms with Gasteiger partial charge in [0.2, 0.25) is 0 Å². The Balaban J connectivity index is 2.09. The average Bonchev–Trinajstić information content (AvgIpc) is 2.63. The summed E-state index contributed by atoms with van der Waals surface area (Å²) in [6.45, 7) is 2.16. The highest BCUT2D eigenvalue weighted by Gasteiger charge is 2.21. The third kappa shape index (κ3) is 2.58. The van der Waals surface area contributed by atoms with Crippen LogP contribution < -0.4 is 0 Å². The molecule has 15 heavy (non-hydrogen) atoms. The van der Waals surface area contributed by atoms with Crippen LogP contribution in [0.3, 0.4) is 0 Å². The van der Waals surface area contributed by atoms with Crippen LogP contribution in [-0.4, -0.2) is 18.0 Å². The minimum atomic E-state index is -0.0110. The van der Waals surface area contributed by atoms with E-state index in [1.54, 1.807) is 11.3 Å². The lowest BCUT2D eigenvalue weighted by atomic mass is 10.2. The summed E-state index contributed by atoms with van der Waals surface area (Å²) >= 11 is 1.69. The lowest BCUT2D eigenvalue weighted by Crippen LogP contribution is -2.28. The lowest BCUT2D eigenvalue weighted by molar-refractivity contribution is 0.248. The van der Waals surface area contributed by atoms with Gasteiger partial charge in [-0.2, -0.15) is 5.26 Å². The monoisotopic (exact) mass is 220 g/mol. The van der Waals surface area contributed by atoms with Crippen LogP contribution >= 0.6 is 11.3 Å². The van der Waals surface area contributed by atoms with Crippen LogP contribution in [-0.2, 0) is 0 Å². The van der Waals surface area contributed by atoms with Gasteiger partial charge in [-0.3, -0.25) is 4.90 Å². The van der Waals surface area contributed by atoms with Gasteiger partial charge in [0.15, 0.2) is 0 Å². The second kappa shape index (κ2) is 5.29. The molecule has 2 rings (SSSR count). The van der Waals surface area contributed by atoms with Gasteiger partial charge >= 0.3 is 0 Å². The van der Waals surface area contributed by atoms with Gasteiger partial charge in [0.1, 0.15) is 6.04 Å². The molecule has 0 spiro atoms. The van der Waals surface area contributed by atoms with E-state index in [0.29, 0.717) is 0 Å². The van der Waals surface area contributed by atoms with Gasteiger partial charge in [0.25, 0.3) is 0 Å². The molecule has 2 heterocycles. The highest BCUT2D eigenvalue weighted by atomic mass is 32.1. The van der Waals surface area contributed by atoms with Crippen molar-refractivity contribution in [3.05, 3.63) is 22.4 Å². The molecule has 2 nitrogen and oxygen atoms in total. The first kappa shape index (κ1) is 10.7. The Bertz CT molecular complexity index is 318. The van der Waals surface area contributed by atoms with E-state index in [2.05, 4.69) is 22.4 Å². The summed E-state index contributed by atoms with van der Waals surface area (Å²) in [4.78, 5) is 3.53. The molecule has 0 aromatic carbocycles. The Kier molecular flexibility index (Phi) is 3.76. The molecule has 1 unspecified atom stereocenters. The first-order valence-corrected chi connectivity index (χ1v) is 6.47. The highest BCUT2D eigenvalue weighted by molar-refractivity contribution is 7.10. The van der Waals surface area contributed by atoms with Gasteiger partial charge in [-0.25, -0.2) is 0 Å². The zero-order chi connectivity index (χ0) is 10.5. The second-order valence-electron chi connectivity index (χ2n) is 4.00. The fourth-order valence-electron chi connectivity index (χ4n) is 2.13. The molecule has 1 atom stereocenters. The molecule has 0 N–H and O–H groups in total. The molecule has 1 aliphatic rings. The molecule has 1 aromatic rings. The predicted octanol–water partition coefficient (Wildman–Crippen LogP) is 3.19. The summed E-state index contributed by atoms with van der Waals surface area (Å²) in [6, 6.07) is 6.53. The zero-order valence-electron chi connectivity index (χ0n) is 8.85. The molecule has 80 valence electrons. The molecule has 1 fully saturated rings. The topological polar surface area (TPSA) is 27.0 Å². The smallest absolute Gasteiger partial charge is 0.133 e. The molecule has 0 bridgehead atoms. The fraction of sp³-hybridized carbons (Fsp3) is 0.583. The van der Waals surface area contributed by atoms with Crippen LogP contribution in [0.25, 0.3) is 0 Å².